The molecule has 0 fully saturated rings. The van der Waals surface area contributed by atoms with Gasteiger partial charge in [0.1, 0.15) is 18.1 Å². The van der Waals surface area contributed by atoms with Crippen molar-refractivity contribution in [3.8, 4) is 5.75 Å². The molecule has 2 rings (SSSR count). The third-order valence-corrected chi connectivity index (χ3v) is 2.48. The van der Waals surface area contributed by atoms with E-state index in [0.717, 1.165) is 23.7 Å². The van der Waals surface area contributed by atoms with Crippen LogP contribution in [0.4, 0.5) is 11.6 Å². The maximum absolute atomic E-state index is 10.5. The van der Waals surface area contributed by atoms with Crippen molar-refractivity contribution in [3.63, 3.8) is 0 Å². The van der Waals surface area contributed by atoms with Gasteiger partial charge in [0.15, 0.2) is 0 Å². The highest BCUT2D eigenvalue weighted by Gasteiger charge is 2.07. The molecule has 7 heteroatoms. The number of aromatic nitrogens is 2. The van der Waals surface area contributed by atoms with E-state index in [1.54, 1.807) is 7.11 Å². The van der Waals surface area contributed by atoms with Crippen LogP contribution in [0.3, 0.4) is 0 Å². The van der Waals surface area contributed by atoms with Gasteiger partial charge in [0.25, 0.3) is 0 Å². The first kappa shape index (κ1) is 12.7. The number of nitrogens with one attached hydrogen (secondary N) is 1. The molecule has 0 radical (unpaired) electrons. The fraction of sp³-hybridized carbons (Fsp3) is 0.167. The number of rotatable bonds is 5. The van der Waals surface area contributed by atoms with Gasteiger partial charge in [-0.2, -0.15) is 0 Å². The van der Waals surface area contributed by atoms with Crippen LogP contribution in [0, 0.1) is 10.1 Å². The summed E-state index contributed by atoms with van der Waals surface area (Å²) in [7, 11) is 1.60. The summed E-state index contributed by atoms with van der Waals surface area (Å²) in [6.45, 7) is 0.474. The number of para-hydroxylation sites is 1. The minimum Gasteiger partial charge on any atom is -0.496 e. The van der Waals surface area contributed by atoms with Crippen LogP contribution in [0.2, 0.25) is 0 Å². The Labute approximate surface area is 109 Å². The molecular formula is C12H12N4O3. The predicted octanol–water partition coefficient (Wildman–Crippen LogP) is 2.01. The van der Waals surface area contributed by atoms with E-state index in [1.807, 2.05) is 24.3 Å². The van der Waals surface area contributed by atoms with Gasteiger partial charge in [0.2, 0.25) is 5.95 Å². The lowest BCUT2D eigenvalue weighted by Gasteiger charge is -2.08. The summed E-state index contributed by atoms with van der Waals surface area (Å²) in [5, 5.41) is 13.4. The SMILES string of the molecule is COc1ccccc1CNc1ncc([N+](=O)[O-])cn1. The van der Waals surface area contributed by atoms with Crippen molar-refractivity contribution in [3.05, 3.63) is 52.3 Å². The molecule has 19 heavy (non-hydrogen) atoms. The molecule has 0 saturated heterocycles. The maximum atomic E-state index is 10.5. The fourth-order valence-electron chi connectivity index (χ4n) is 1.53. The first-order chi connectivity index (χ1) is 9.20. The molecule has 0 saturated carbocycles. The highest BCUT2D eigenvalue weighted by molar-refractivity contribution is 5.37. The van der Waals surface area contributed by atoms with Crippen molar-refractivity contribution >= 4 is 11.6 Å². The van der Waals surface area contributed by atoms with Crippen LogP contribution in [-0.4, -0.2) is 22.0 Å². The molecule has 0 unspecified atom stereocenters. The Balaban J connectivity index is 2.04. The molecule has 0 atom stereocenters. The van der Waals surface area contributed by atoms with E-state index in [4.69, 9.17) is 4.74 Å². The lowest BCUT2D eigenvalue weighted by molar-refractivity contribution is -0.385. The summed E-state index contributed by atoms with van der Waals surface area (Å²) >= 11 is 0. The average molecular weight is 260 g/mol. The summed E-state index contributed by atoms with van der Waals surface area (Å²) in [6, 6.07) is 7.55. The molecule has 0 aliphatic carbocycles. The van der Waals surface area contributed by atoms with Crippen molar-refractivity contribution < 1.29 is 9.66 Å². The van der Waals surface area contributed by atoms with Gasteiger partial charge in [-0.05, 0) is 6.07 Å². The average Bonchev–Trinajstić information content (AvgIpc) is 2.45. The number of nitrogens with zero attached hydrogens (tertiary/aromatic N) is 3. The molecule has 1 N–H and O–H groups in total. The van der Waals surface area contributed by atoms with Crippen LogP contribution in [0.1, 0.15) is 5.56 Å². The lowest BCUT2D eigenvalue weighted by atomic mass is 10.2. The number of methoxy groups -OCH3 is 1. The zero-order valence-corrected chi connectivity index (χ0v) is 10.2. The van der Waals surface area contributed by atoms with Crippen molar-refractivity contribution in [2.24, 2.45) is 0 Å². The van der Waals surface area contributed by atoms with E-state index in [0.29, 0.717) is 12.5 Å². The number of anilines is 1. The second-order valence-electron chi connectivity index (χ2n) is 3.69. The summed E-state index contributed by atoms with van der Waals surface area (Å²) in [6.07, 6.45) is 2.33. The zero-order chi connectivity index (χ0) is 13.7. The Morgan fingerprint density at radius 1 is 1.32 bits per heavy atom. The Hall–Kier alpha value is -2.70. The molecule has 2 aromatic rings. The number of benzene rings is 1. The van der Waals surface area contributed by atoms with Gasteiger partial charge in [-0.3, -0.25) is 10.1 Å². The van der Waals surface area contributed by atoms with E-state index < -0.39 is 4.92 Å². The van der Waals surface area contributed by atoms with Crippen molar-refractivity contribution in [2.45, 2.75) is 6.54 Å². The molecule has 98 valence electrons. The Morgan fingerprint density at radius 3 is 2.63 bits per heavy atom. The van der Waals surface area contributed by atoms with Gasteiger partial charge in [-0.25, -0.2) is 9.97 Å². The minimum absolute atomic E-state index is 0.136. The largest absolute Gasteiger partial charge is 0.496 e. The smallest absolute Gasteiger partial charge is 0.305 e. The third kappa shape index (κ3) is 3.15. The Morgan fingerprint density at radius 2 is 2.00 bits per heavy atom. The topological polar surface area (TPSA) is 90.2 Å². The van der Waals surface area contributed by atoms with E-state index in [9.17, 15) is 10.1 Å². The number of hydrogen-bond donors (Lipinski definition) is 1. The minimum atomic E-state index is -0.538. The molecule has 0 aliphatic rings. The molecule has 1 aromatic heterocycles. The van der Waals surface area contributed by atoms with E-state index in [1.165, 1.54) is 0 Å². The number of hydrogen-bond acceptors (Lipinski definition) is 6. The lowest BCUT2D eigenvalue weighted by Crippen LogP contribution is -2.05. The van der Waals surface area contributed by atoms with Gasteiger partial charge >= 0.3 is 5.69 Å². The molecular weight excluding hydrogens is 248 g/mol. The Bertz CT molecular complexity index is 571. The van der Waals surface area contributed by atoms with Crippen molar-refractivity contribution in [2.75, 3.05) is 12.4 Å². The molecule has 0 bridgehead atoms. The number of ether oxygens (including phenoxy) is 1. The van der Waals surface area contributed by atoms with Crippen LogP contribution < -0.4 is 10.1 Å². The van der Waals surface area contributed by atoms with Crippen molar-refractivity contribution in [1.29, 1.82) is 0 Å². The monoisotopic (exact) mass is 260 g/mol. The van der Waals surface area contributed by atoms with Crippen LogP contribution in [0.25, 0.3) is 0 Å². The van der Waals surface area contributed by atoms with Crippen LogP contribution in [-0.2, 0) is 6.54 Å². The summed E-state index contributed by atoms with van der Waals surface area (Å²) in [5.41, 5.74) is 0.815. The first-order valence-corrected chi connectivity index (χ1v) is 5.53. The van der Waals surface area contributed by atoms with Gasteiger partial charge in [-0.1, -0.05) is 18.2 Å². The third-order valence-electron chi connectivity index (χ3n) is 2.48. The molecule has 0 spiro atoms. The van der Waals surface area contributed by atoms with Crippen LogP contribution in [0.15, 0.2) is 36.7 Å². The van der Waals surface area contributed by atoms with Gasteiger partial charge < -0.3 is 10.1 Å². The zero-order valence-electron chi connectivity index (χ0n) is 10.2. The molecule has 1 aromatic carbocycles. The Kier molecular flexibility index (Phi) is 3.87. The molecule has 0 aliphatic heterocycles. The van der Waals surface area contributed by atoms with E-state index in [2.05, 4.69) is 15.3 Å². The fourth-order valence-corrected chi connectivity index (χ4v) is 1.53. The first-order valence-electron chi connectivity index (χ1n) is 5.53. The maximum Gasteiger partial charge on any atom is 0.305 e. The second kappa shape index (κ2) is 5.76. The molecule has 1 heterocycles. The quantitative estimate of drug-likeness (QED) is 0.653. The van der Waals surface area contributed by atoms with E-state index in [-0.39, 0.29) is 5.69 Å². The standard InChI is InChI=1S/C12H12N4O3/c1-19-11-5-3-2-4-9(11)6-13-12-14-7-10(8-15-12)16(17)18/h2-5,7-8H,6H2,1H3,(H,13,14,15). The molecule has 7 nitrogen and oxygen atoms in total. The number of nitro groups is 1. The molecule has 0 amide bonds. The van der Waals surface area contributed by atoms with E-state index >= 15 is 0 Å². The van der Waals surface area contributed by atoms with Gasteiger partial charge in [0, 0.05) is 12.1 Å². The van der Waals surface area contributed by atoms with Crippen LogP contribution >= 0.6 is 0 Å². The summed E-state index contributed by atoms with van der Waals surface area (Å²) < 4.78 is 5.21. The van der Waals surface area contributed by atoms with Gasteiger partial charge in [-0.15, -0.1) is 0 Å². The summed E-state index contributed by atoms with van der Waals surface area (Å²) in [4.78, 5) is 17.7. The second-order valence-corrected chi connectivity index (χ2v) is 3.69. The van der Waals surface area contributed by atoms with Crippen LogP contribution in [0.5, 0.6) is 5.75 Å². The highest BCUT2D eigenvalue weighted by atomic mass is 16.6. The predicted molar refractivity (Wildman–Crippen MR) is 69.0 cm³/mol. The highest BCUT2D eigenvalue weighted by Crippen LogP contribution is 2.18. The van der Waals surface area contributed by atoms with Gasteiger partial charge in [0.05, 0.1) is 12.0 Å². The normalized spacial score (nSPS) is 9.95. The summed E-state index contributed by atoms with van der Waals surface area (Å²) in [5.74, 6) is 1.09. The van der Waals surface area contributed by atoms with Crippen molar-refractivity contribution in [1.82, 2.24) is 9.97 Å².